The van der Waals surface area contributed by atoms with Gasteiger partial charge in [0.05, 0.1) is 0 Å². The van der Waals surface area contributed by atoms with Crippen LogP contribution in [0.15, 0.2) is 36.4 Å². The second-order valence-electron chi connectivity index (χ2n) is 4.29. The minimum Gasteiger partial charge on any atom is -0.489 e. The van der Waals surface area contributed by atoms with Gasteiger partial charge in [0.1, 0.15) is 12.4 Å². The monoisotopic (exact) mass is 219 g/mol. The summed E-state index contributed by atoms with van der Waals surface area (Å²) in [4.78, 5) is 0. The van der Waals surface area contributed by atoms with E-state index in [-0.39, 0.29) is 0 Å². The Morgan fingerprint density at radius 2 is 2.00 bits per heavy atom. The van der Waals surface area contributed by atoms with Crippen LogP contribution in [0.25, 0.3) is 0 Å². The van der Waals surface area contributed by atoms with E-state index in [4.69, 9.17) is 10.5 Å². The normalized spacial score (nSPS) is 12.2. The molecule has 0 saturated heterocycles. The molecular weight excluding hydrogens is 198 g/mol. The van der Waals surface area contributed by atoms with Gasteiger partial charge >= 0.3 is 0 Å². The molecule has 0 aromatic heterocycles. The number of hydrogen-bond acceptors (Lipinski definition) is 2. The highest BCUT2D eigenvalue weighted by Gasteiger charge is 2.04. The summed E-state index contributed by atoms with van der Waals surface area (Å²) in [6.07, 6.45) is 1.02. The molecule has 2 N–H and O–H groups in total. The molecule has 0 aliphatic rings. The molecule has 88 valence electrons. The number of benzene rings is 1. The zero-order valence-electron chi connectivity index (χ0n) is 10.2. The first-order chi connectivity index (χ1) is 7.63. The van der Waals surface area contributed by atoms with Gasteiger partial charge in [-0.2, -0.15) is 0 Å². The molecule has 1 rings (SSSR count). The summed E-state index contributed by atoms with van der Waals surface area (Å²) in [7, 11) is 0. The zero-order chi connectivity index (χ0) is 12.0. The van der Waals surface area contributed by atoms with Crippen LogP contribution < -0.4 is 10.5 Å². The molecule has 0 radical (unpaired) electrons. The summed E-state index contributed by atoms with van der Waals surface area (Å²) in [5, 5.41) is 0. The van der Waals surface area contributed by atoms with Gasteiger partial charge in [0, 0.05) is 0 Å². The summed E-state index contributed by atoms with van der Waals surface area (Å²) in [6, 6.07) is 8.22. The van der Waals surface area contributed by atoms with Crippen molar-refractivity contribution in [2.45, 2.75) is 26.2 Å². The van der Waals surface area contributed by atoms with Crippen molar-refractivity contribution in [3.8, 4) is 5.75 Å². The van der Waals surface area contributed by atoms with Gasteiger partial charge < -0.3 is 10.5 Å². The molecule has 16 heavy (non-hydrogen) atoms. The van der Waals surface area contributed by atoms with Crippen LogP contribution in [0.4, 0.5) is 0 Å². The Kier molecular flexibility index (Phi) is 5.06. The minimum atomic E-state index is 0.514. The van der Waals surface area contributed by atoms with Gasteiger partial charge in [0.15, 0.2) is 0 Å². The van der Waals surface area contributed by atoms with E-state index in [1.54, 1.807) is 0 Å². The highest BCUT2D eigenvalue weighted by atomic mass is 16.5. The molecule has 0 spiro atoms. The van der Waals surface area contributed by atoms with Gasteiger partial charge in [0.25, 0.3) is 0 Å². The van der Waals surface area contributed by atoms with Crippen LogP contribution in [-0.4, -0.2) is 13.2 Å². The van der Waals surface area contributed by atoms with Gasteiger partial charge in [-0.25, -0.2) is 0 Å². The number of rotatable bonds is 6. The fraction of sp³-hybridized carbons (Fsp3) is 0.429. The highest BCUT2D eigenvalue weighted by Crippen LogP contribution is 2.21. The molecule has 0 amide bonds. The molecule has 2 heteroatoms. The Balaban J connectivity index is 2.57. The molecule has 0 aliphatic carbocycles. The third kappa shape index (κ3) is 4.07. The Labute approximate surface area is 98.1 Å². The van der Waals surface area contributed by atoms with Crippen LogP contribution in [-0.2, 0) is 0 Å². The Morgan fingerprint density at radius 1 is 1.38 bits per heavy atom. The van der Waals surface area contributed by atoms with E-state index < -0.39 is 0 Å². The first kappa shape index (κ1) is 12.8. The van der Waals surface area contributed by atoms with Crippen molar-refractivity contribution < 1.29 is 4.74 Å². The van der Waals surface area contributed by atoms with E-state index in [1.807, 2.05) is 19.1 Å². The fourth-order valence-corrected chi connectivity index (χ4v) is 1.52. The van der Waals surface area contributed by atoms with Crippen molar-refractivity contribution in [2.24, 2.45) is 5.73 Å². The van der Waals surface area contributed by atoms with Crippen LogP contribution >= 0.6 is 0 Å². The topological polar surface area (TPSA) is 35.2 Å². The van der Waals surface area contributed by atoms with E-state index in [2.05, 4.69) is 25.6 Å². The summed E-state index contributed by atoms with van der Waals surface area (Å²) < 4.78 is 5.54. The molecule has 1 aromatic rings. The summed E-state index contributed by atoms with van der Waals surface area (Å²) in [5.74, 6) is 1.41. The Bertz CT molecular complexity index is 329. The molecule has 1 atom stereocenters. The van der Waals surface area contributed by atoms with Crippen LogP contribution in [0.1, 0.15) is 31.7 Å². The second-order valence-corrected chi connectivity index (χ2v) is 4.29. The third-order valence-electron chi connectivity index (χ3n) is 2.53. The van der Waals surface area contributed by atoms with Gasteiger partial charge in [-0.3, -0.25) is 0 Å². The average Bonchev–Trinajstić information content (AvgIpc) is 2.27. The molecule has 0 heterocycles. The molecular formula is C14H21NO. The van der Waals surface area contributed by atoms with E-state index in [9.17, 15) is 0 Å². The first-order valence-corrected chi connectivity index (χ1v) is 5.70. The lowest BCUT2D eigenvalue weighted by Crippen LogP contribution is -2.04. The molecule has 0 saturated carbocycles. The molecule has 1 aromatic carbocycles. The largest absolute Gasteiger partial charge is 0.489 e. The van der Waals surface area contributed by atoms with Crippen LogP contribution in [0, 0.1) is 0 Å². The van der Waals surface area contributed by atoms with Gasteiger partial charge in [-0.05, 0) is 49.1 Å². The van der Waals surface area contributed by atoms with Crippen molar-refractivity contribution in [1.29, 1.82) is 0 Å². The van der Waals surface area contributed by atoms with Crippen molar-refractivity contribution in [2.75, 3.05) is 13.2 Å². The lowest BCUT2D eigenvalue weighted by molar-refractivity contribution is 0.352. The van der Waals surface area contributed by atoms with Gasteiger partial charge in [-0.1, -0.05) is 25.6 Å². The summed E-state index contributed by atoms with van der Waals surface area (Å²) in [6.45, 7) is 9.26. The van der Waals surface area contributed by atoms with Crippen molar-refractivity contribution in [3.05, 3.63) is 42.0 Å². The second kappa shape index (κ2) is 6.33. The maximum atomic E-state index is 5.54. The highest BCUT2D eigenvalue weighted by molar-refractivity contribution is 5.29. The van der Waals surface area contributed by atoms with Gasteiger partial charge in [0.2, 0.25) is 0 Å². The summed E-state index contributed by atoms with van der Waals surface area (Å²) in [5.41, 5.74) is 7.88. The number of ether oxygens (including phenoxy) is 1. The maximum absolute atomic E-state index is 5.54. The van der Waals surface area contributed by atoms with E-state index >= 15 is 0 Å². The van der Waals surface area contributed by atoms with E-state index in [0.717, 1.165) is 24.3 Å². The van der Waals surface area contributed by atoms with Crippen molar-refractivity contribution in [1.82, 2.24) is 0 Å². The maximum Gasteiger partial charge on any atom is 0.119 e. The minimum absolute atomic E-state index is 0.514. The SMILES string of the molecule is C=C(C)COc1ccc(C(C)CCN)cc1. The number of nitrogens with two attached hydrogens (primary N) is 1. The smallest absolute Gasteiger partial charge is 0.119 e. The van der Waals surface area contributed by atoms with Crippen LogP contribution in [0.2, 0.25) is 0 Å². The third-order valence-corrected chi connectivity index (χ3v) is 2.53. The predicted molar refractivity (Wildman–Crippen MR) is 68.8 cm³/mol. The zero-order valence-corrected chi connectivity index (χ0v) is 10.2. The summed E-state index contributed by atoms with van der Waals surface area (Å²) >= 11 is 0. The lowest BCUT2D eigenvalue weighted by atomic mass is 9.98. The number of hydrogen-bond donors (Lipinski definition) is 1. The van der Waals surface area contributed by atoms with Crippen molar-refractivity contribution in [3.63, 3.8) is 0 Å². The molecule has 1 unspecified atom stereocenters. The predicted octanol–water partition coefficient (Wildman–Crippen LogP) is 3.09. The molecule has 0 bridgehead atoms. The Hall–Kier alpha value is -1.28. The van der Waals surface area contributed by atoms with Gasteiger partial charge in [-0.15, -0.1) is 0 Å². The average molecular weight is 219 g/mol. The van der Waals surface area contributed by atoms with Crippen molar-refractivity contribution >= 4 is 0 Å². The van der Waals surface area contributed by atoms with Crippen LogP contribution in [0.3, 0.4) is 0 Å². The lowest BCUT2D eigenvalue weighted by Gasteiger charge is -2.11. The molecule has 0 fully saturated rings. The Morgan fingerprint density at radius 3 is 2.50 bits per heavy atom. The standard InChI is InChI=1S/C14H21NO/c1-11(2)10-16-14-6-4-13(5-7-14)12(3)8-9-15/h4-7,12H,1,8-10,15H2,2-3H3. The first-order valence-electron chi connectivity index (χ1n) is 5.70. The van der Waals surface area contributed by atoms with Crippen LogP contribution in [0.5, 0.6) is 5.75 Å². The fourth-order valence-electron chi connectivity index (χ4n) is 1.52. The molecule has 0 aliphatic heterocycles. The quantitative estimate of drug-likeness (QED) is 0.746. The van der Waals surface area contributed by atoms with E-state index in [0.29, 0.717) is 12.5 Å². The van der Waals surface area contributed by atoms with E-state index in [1.165, 1.54) is 5.56 Å². The molecule has 2 nitrogen and oxygen atoms in total.